The van der Waals surface area contributed by atoms with E-state index in [1.54, 1.807) is 0 Å². The highest BCUT2D eigenvalue weighted by Gasteiger charge is 1.93. The molecule has 0 aliphatic carbocycles. The Bertz CT molecular complexity index is 318. The third-order valence-electron chi connectivity index (χ3n) is 2.02. The van der Waals surface area contributed by atoms with Crippen LogP contribution in [0.3, 0.4) is 0 Å². The summed E-state index contributed by atoms with van der Waals surface area (Å²) in [7, 11) is 0. The van der Waals surface area contributed by atoms with Crippen LogP contribution in [0.2, 0.25) is 5.02 Å². The number of hydrogen-bond donors (Lipinski definition) is 1. The number of hydrogen-bond acceptors (Lipinski definition) is 1. The Labute approximate surface area is 97.1 Å². The van der Waals surface area contributed by atoms with Crippen molar-refractivity contribution in [2.24, 2.45) is 5.92 Å². The molecule has 0 saturated carbocycles. The predicted octanol–water partition coefficient (Wildman–Crippen LogP) is 3.60. The van der Waals surface area contributed by atoms with E-state index in [4.69, 9.17) is 11.6 Å². The van der Waals surface area contributed by atoms with Gasteiger partial charge < -0.3 is 5.32 Å². The van der Waals surface area contributed by atoms with Crippen molar-refractivity contribution in [3.63, 3.8) is 0 Å². The summed E-state index contributed by atoms with van der Waals surface area (Å²) in [5, 5.41) is 4.15. The third-order valence-corrected chi connectivity index (χ3v) is 2.36. The molecule has 1 rings (SSSR count). The van der Waals surface area contributed by atoms with Gasteiger partial charge in [0.15, 0.2) is 0 Å². The lowest BCUT2D eigenvalue weighted by atomic mass is 10.2. The first-order chi connectivity index (χ1) is 7.20. The molecule has 0 radical (unpaired) electrons. The summed E-state index contributed by atoms with van der Waals surface area (Å²) in [5.74, 6) is 0.693. The Hall–Kier alpha value is -0.790. The first-order valence-corrected chi connectivity index (χ1v) is 5.69. The van der Waals surface area contributed by atoms with Crippen LogP contribution < -0.4 is 5.32 Å². The molecule has 0 spiro atoms. The van der Waals surface area contributed by atoms with Gasteiger partial charge in [0.25, 0.3) is 0 Å². The number of nitrogens with one attached hydrogen (secondary N) is 1. The van der Waals surface area contributed by atoms with Crippen molar-refractivity contribution in [1.29, 1.82) is 0 Å². The molecule has 0 saturated heterocycles. The quantitative estimate of drug-likeness (QED) is 0.753. The van der Waals surface area contributed by atoms with Gasteiger partial charge in [-0.05, 0) is 24.1 Å². The topological polar surface area (TPSA) is 12.0 Å². The van der Waals surface area contributed by atoms with Crippen molar-refractivity contribution >= 4 is 17.7 Å². The van der Waals surface area contributed by atoms with E-state index in [0.29, 0.717) is 5.92 Å². The smallest absolute Gasteiger partial charge is 0.0478 e. The summed E-state index contributed by atoms with van der Waals surface area (Å²) in [6.07, 6.45) is 4.15. The third kappa shape index (κ3) is 5.01. The lowest BCUT2D eigenvalue weighted by molar-refractivity contribution is 0.577. The van der Waals surface area contributed by atoms with E-state index in [1.165, 1.54) is 0 Å². The van der Waals surface area contributed by atoms with Crippen LogP contribution in [0, 0.1) is 5.92 Å². The van der Waals surface area contributed by atoms with Crippen LogP contribution in [-0.4, -0.2) is 13.1 Å². The summed E-state index contributed by atoms with van der Waals surface area (Å²) < 4.78 is 0. The zero-order valence-electron chi connectivity index (χ0n) is 9.33. The molecule has 15 heavy (non-hydrogen) atoms. The Morgan fingerprint density at radius 1 is 1.33 bits per heavy atom. The highest BCUT2D eigenvalue weighted by Crippen LogP contribution is 2.15. The lowest BCUT2D eigenvalue weighted by Crippen LogP contribution is -2.19. The molecule has 2 heteroatoms. The van der Waals surface area contributed by atoms with Crippen molar-refractivity contribution < 1.29 is 0 Å². The second kappa shape index (κ2) is 6.65. The van der Waals surface area contributed by atoms with Crippen LogP contribution in [0.15, 0.2) is 30.3 Å². The summed E-state index contributed by atoms with van der Waals surface area (Å²) in [6, 6.07) is 7.85. The molecule has 0 atom stereocenters. The molecule has 0 bridgehead atoms. The molecule has 0 unspecified atom stereocenters. The molecule has 0 aliphatic rings. The molecule has 0 amide bonds. The van der Waals surface area contributed by atoms with Crippen LogP contribution in [-0.2, 0) is 0 Å². The van der Waals surface area contributed by atoms with Gasteiger partial charge in [0.2, 0.25) is 0 Å². The largest absolute Gasteiger partial charge is 0.313 e. The second-order valence-electron chi connectivity index (χ2n) is 3.98. The van der Waals surface area contributed by atoms with Gasteiger partial charge in [-0.2, -0.15) is 0 Å². The molecule has 1 nitrogen and oxygen atoms in total. The van der Waals surface area contributed by atoms with Gasteiger partial charge in [-0.1, -0.05) is 55.8 Å². The maximum atomic E-state index is 6.02. The van der Waals surface area contributed by atoms with E-state index < -0.39 is 0 Å². The van der Waals surface area contributed by atoms with Crippen LogP contribution in [0.25, 0.3) is 6.08 Å². The average molecular weight is 224 g/mol. The zero-order chi connectivity index (χ0) is 11.1. The van der Waals surface area contributed by atoms with E-state index in [2.05, 4.69) is 31.3 Å². The fourth-order valence-electron chi connectivity index (χ4n) is 1.25. The summed E-state index contributed by atoms with van der Waals surface area (Å²) >= 11 is 6.02. The van der Waals surface area contributed by atoms with Crippen molar-refractivity contribution in [3.8, 4) is 0 Å². The molecule has 0 fully saturated rings. The summed E-state index contributed by atoms with van der Waals surface area (Å²) in [4.78, 5) is 0. The van der Waals surface area contributed by atoms with Gasteiger partial charge in [-0.3, -0.25) is 0 Å². The van der Waals surface area contributed by atoms with Crippen molar-refractivity contribution in [2.45, 2.75) is 13.8 Å². The van der Waals surface area contributed by atoms with Gasteiger partial charge in [0.1, 0.15) is 0 Å². The molecular formula is C13H18ClN. The minimum atomic E-state index is 0.693. The fourth-order valence-corrected chi connectivity index (χ4v) is 1.45. The number of rotatable bonds is 5. The van der Waals surface area contributed by atoms with Gasteiger partial charge in [0, 0.05) is 11.6 Å². The van der Waals surface area contributed by atoms with Gasteiger partial charge >= 0.3 is 0 Å². The van der Waals surface area contributed by atoms with Crippen LogP contribution in [0.5, 0.6) is 0 Å². The van der Waals surface area contributed by atoms with E-state index in [-0.39, 0.29) is 0 Å². The Morgan fingerprint density at radius 2 is 2.07 bits per heavy atom. The first kappa shape index (κ1) is 12.3. The standard InChI is InChI=1S/C13H18ClN/c1-11(2)10-15-9-5-7-12-6-3-4-8-13(12)14/h3-8,11,15H,9-10H2,1-2H3. The highest BCUT2D eigenvalue weighted by molar-refractivity contribution is 6.32. The minimum absolute atomic E-state index is 0.693. The van der Waals surface area contributed by atoms with Crippen LogP contribution in [0.4, 0.5) is 0 Å². The lowest BCUT2D eigenvalue weighted by Gasteiger charge is -2.03. The normalized spacial score (nSPS) is 11.5. The van der Waals surface area contributed by atoms with Gasteiger partial charge in [0.05, 0.1) is 0 Å². The average Bonchev–Trinajstić information content (AvgIpc) is 2.20. The van der Waals surface area contributed by atoms with Crippen molar-refractivity contribution in [1.82, 2.24) is 5.32 Å². The summed E-state index contributed by atoms with van der Waals surface area (Å²) in [6.45, 7) is 6.34. The monoisotopic (exact) mass is 223 g/mol. The highest BCUT2D eigenvalue weighted by atomic mass is 35.5. The summed E-state index contributed by atoms with van der Waals surface area (Å²) in [5.41, 5.74) is 1.07. The molecule has 1 N–H and O–H groups in total. The molecule has 82 valence electrons. The predicted molar refractivity (Wildman–Crippen MR) is 68.2 cm³/mol. The maximum absolute atomic E-state index is 6.02. The molecule has 0 aliphatic heterocycles. The molecule has 1 aromatic rings. The Balaban J connectivity index is 2.35. The van der Waals surface area contributed by atoms with Crippen LogP contribution in [0.1, 0.15) is 19.4 Å². The Kier molecular flexibility index (Phi) is 5.44. The van der Waals surface area contributed by atoms with Crippen LogP contribution >= 0.6 is 11.6 Å². The fraction of sp³-hybridized carbons (Fsp3) is 0.385. The van der Waals surface area contributed by atoms with Crippen molar-refractivity contribution in [3.05, 3.63) is 40.9 Å². The molecule has 0 heterocycles. The zero-order valence-corrected chi connectivity index (χ0v) is 10.1. The Morgan fingerprint density at radius 3 is 2.73 bits per heavy atom. The van der Waals surface area contributed by atoms with Gasteiger partial charge in [-0.25, -0.2) is 0 Å². The molecule has 1 aromatic carbocycles. The van der Waals surface area contributed by atoms with E-state index in [9.17, 15) is 0 Å². The maximum Gasteiger partial charge on any atom is 0.0478 e. The minimum Gasteiger partial charge on any atom is -0.313 e. The van der Waals surface area contributed by atoms with Crippen molar-refractivity contribution in [2.75, 3.05) is 13.1 Å². The number of halogens is 1. The van der Waals surface area contributed by atoms with E-state index in [0.717, 1.165) is 23.7 Å². The van der Waals surface area contributed by atoms with E-state index in [1.807, 2.05) is 24.3 Å². The molecular weight excluding hydrogens is 206 g/mol. The SMILES string of the molecule is CC(C)CNCC=Cc1ccccc1Cl. The second-order valence-corrected chi connectivity index (χ2v) is 4.38. The van der Waals surface area contributed by atoms with Gasteiger partial charge in [-0.15, -0.1) is 0 Å². The van der Waals surface area contributed by atoms with E-state index >= 15 is 0 Å². The molecule has 0 aromatic heterocycles. The first-order valence-electron chi connectivity index (χ1n) is 5.32. The number of benzene rings is 1.